The summed E-state index contributed by atoms with van der Waals surface area (Å²) in [6.07, 6.45) is 6.24. The largest absolute Gasteiger partial charge is 0.396 e. The summed E-state index contributed by atoms with van der Waals surface area (Å²) in [6.45, 7) is 4.15. The van der Waals surface area contributed by atoms with Gasteiger partial charge >= 0.3 is 0 Å². The number of piperidine rings is 1. The lowest BCUT2D eigenvalue weighted by molar-refractivity contribution is -0.142. The number of likely N-dealkylation sites (tertiary alicyclic amines) is 1. The Balaban J connectivity index is 1.94. The number of aliphatic hydroxyl groups is 1. The van der Waals surface area contributed by atoms with Crippen LogP contribution in [0.2, 0.25) is 0 Å². The third-order valence-corrected chi connectivity index (χ3v) is 4.91. The average molecular weight is 268 g/mol. The van der Waals surface area contributed by atoms with E-state index in [1.54, 1.807) is 0 Å². The lowest BCUT2D eigenvalue weighted by Crippen LogP contribution is -2.50. The number of hydrogen-bond donors (Lipinski definition) is 1. The highest BCUT2D eigenvalue weighted by Crippen LogP contribution is 2.30. The minimum atomic E-state index is 0.181. The van der Waals surface area contributed by atoms with E-state index in [1.165, 1.54) is 6.42 Å². The first kappa shape index (κ1) is 14.8. The Hall–Kier alpha value is -0.610. The number of rotatable bonds is 5. The van der Waals surface area contributed by atoms with Crippen LogP contribution in [0.5, 0.6) is 0 Å². The van der Waals surface area contributed by atoms with E-state index in [0.717, 1.165) is 38.8 Å². The molecule has 1 aliphatic carbocycles. The molecular weight excluding hydrogens is 240 g/mol. The van der Waals surface area contributed by atoms with Crippen LogP contribution in [-0.2, 0) is 4.79 Å². The summed E-state index contributed by atoms with van der Waals surface area (Å²) in [4.78, 5) is 17.1. The van der Waals surface area contributed by atoms with Crippen molar-refractivity contribution in [1.82, 2.24) is 9.80 Å². The Labute approximate surface area is 116 Å². The summed E-state index contributed by atoms with van der Waals surface area (Å²) in [5, 5.41) is 9.01. The zero-order valence-corrected chi connectivity index (χ0v) is 12.3. The van der Waals surface area contributed by atoms with Crippen LogP contribution in [0.25, 0.3) is 0 Å². The molecule has 2 rings (SSSR count). The van der Waals surface area contributed by atoms with E-state index in [0.29, 0.717) is 24.4 Å². The quantitative estimate of drug-likeness (QED) is 0.821. The van der Waals surface area contributed by atoms with Gasteiger partial charge in [0, 0.05) is 31.2 Å². The van der Waals surface area contributed by atoms with Gasteiger partial charge in [-0.2, -0.15) is 0 Å². The van der Waals surface area contributed by atoms with E-state index in [9.17, 15) is 4.79 Å². The molecule has 0 aromatic rings. The van der Waals surface area contributed by atoms with E-state index >= 15 is 0 Å². The molecule has 2 atom stereocenters. The molecule has 0 unspecified atom stereocenters. The minimum absolute atomic E-state index is 0.181. The van der Waals surface area contributed by atoms with Gasteiger partial charge in [0.2, 0.25) is 5.91 Å². The first-order valence-electron chi connectivity index (χ1n) is 7.75. The highest BCUT2D eigenvalue weighted by molar-refractivity contribution is 5.79. The Morgan fingerprint density at radius 3 is 2.63 bits per heavy atom. The highest BCUT2D eigenvalue weighted by atomic mass is 16.3. The summed E-state index contributed by atoms with van der Waals surface area (Å²) in [7, 11) is 2.14. The second-order valence-electron chi connectivity index (χ2n) is 6.24. The molecule has 110 valence electrons. The molecule has 4 nitrogen and oxygen atoms in total. The van der Waals surface area contributed by atoms with Gasteiger partial charge < -0.3 is 14.9 Å². The first-order valence-corrected chi connectivity index (χ1v) is 7.75. The smallest absolute Gasteiger partial charge is 0.226 e. The summed E-state index contributed by atoms with van der Waals surface area (Å²) < 4.78 is 0. The molecule has 1 aliphatic heterocycles. The third kappa shape index (κ3) is 3.48. The number of hydrogen-bond acceptors (Lipinski definition) is 3. The summed E-state index contributed by atoms with van der Waals surface area (Å²) in [5.74, 6) is 0.545. The molecule has 0 aromatic carbocycles. The third-order valence-electron chi connectivity index (χ3n) is 4.91. The average Bonchev–Trinajstić information content (AvgIpc) is 2.34. The molecule has 1 saturated heterocycles. The standard InChI is InChI=1S/C15H28N2O2/c1-12-11-13(7-9-16(12)2)15(19)17(8-4-10-18)14-5-3-6-14/h12-14,18H,3-11H2,1-2H3/t12-,13-/m0/s1. The predicted octanol–water partition coefficient (Wildman–Crippen LogP) is 1.48. The summed E-state index contributed by atoms with van der Waals surface area (Å²) in [5.41, 5.74) is 0. The van der Waals surface area contributed by atoms with Crippen molar-refractivity contribution < 1.29 is 9.90 Å². The van der Waals surface area contributed by atoms with Gasteiger partial charge in [-0.1, -0.05) is 0 Å². The monoisotopic (exact) mass is 268 g/mol. The maximum absolute atomic E-state index is 12.7. The van der Waals surface area contributed by atoms with E-state index in [2.05, 4.69) is 23.8 Å². The van der Waals surface area contributed by atoms with Crippen molar-refractivity contribution in [1.29, 1.82) is 0 Å². The fourth-order valence-corrected chi connectivity index (χ4v) is 3.16. The summed E-state index contributed by atoms with van der Waals surface area (Å²) in [6, 6.07) is 0.956. The first-order chi connectivity index (χ1) is 9.13. The van der Waals surface area contributed by atoms with E-state index < -0.39 is 0 Å². The zero-order valence-electron chi connectivity index (χ0n) is 12.3. The highest BCUT2D eigenvalue weighted by Gasteiger charge is 2.35. The van der Waals surface area contributed by atoms with Gasteiger partial charge in [-0.05, 0) is 59.0 Å². The molecule has 1 heterocycles. The molecule has 1 amide bonds. The minimum Gasteiger partial charge on any atom is -0.396 e. The van der Waals surface area contributed by atoms with Gasteiger partial charge in [0.05, 0.1) is 0 Å². The van der Waals surface area contributed by atoms with Gasteiger partial charge in [0.1, 0.15) is 0 Å². The molecule has 0 spiro atoms. The Morgan fingerprint density at radius 2 is 2.11 bits per heavy atom. The lowest BCUT2D eigenvalue weighted by Gasteiger charge is -2.42. The topological polar surface area (TPSA) is 43.8 Å². The van der Waals surface area contributed by atoms with Crippen molar-refractivity contribution in [2.24, 2.45) is 5.92 Å². The van der Waals surface area contributed by atoms with Crippen LogP contribution in [0.3, 0.4) is 0 Å². The lowest BCUT2D eigenvalue weighted by atomic mass is 9.87. The van der Waals surface area contributed by atoms with Crippen molar-refractivity contribution in [2.75, 3.05) is 26.7 Å². The number of carbonyl (C=O) groups excluding carboxylic acids is 1. The number of aliphatic hydroxyl groups excluding tert-OH is 1. The molecule has 1 N–H and O–H groups in total. The molecule has 0 radical (unpaired) electrons. The Bertz CT molecular complexity index is 305. The fraction of sp³-hybridized carbons (Fsp3) is 0.933. The normalized spacial score (nSPS) is 29.0. The molecule has 0 bridgehead atoms. The van der Waals surface area contributed by atoms with Gasteiger partial charge in [0.15, 0.2) is 0 Å². The van der Waals surface area contributed by atoms with Crippen molar-refractivity contribution in [3.8, 4) is 0 Å². The summed E-state index contributed by atoms with van der Waals surface area (Å²) >= 11 is 0. The predicted molar refractivity (Wildman–Crippen MR) is 75.9 cm³/mol. The van der Waals surface area contributed by atoms with Crippen LogP contribution in [-0.4, -0.2) is 59.6 Å². The molecule has 2 aliphatic rings. The van der Waals surface area contributed by atoms with Crippen molar-refractivity contribution in [3.63, 3.8) is 0 Å². The zero-order chi connectivity index (χ0) is 13.8. The number of amides is 1. The Morgan fingerprint density at radius 1 is 1.37 bits per heavy atom. The van der Waals surface area contributed by atoms with Gasteiger partial charge in [-0.25, -0.2) is 0 Å². The molecular formula is C15H28N2O2. The van der Waals surface area contributed by atoms with Crippen LogP contribution in [0, 0.1) is 5.92 Å². The SMILES string of the molecule is C[C@H]1C[C@@H](C(=O)N(CCCO)C2CCC2)CCN1C. The molecule has 2 fully saturated rings. The van der Waals surface area contributed by atoms with Crippen LogP contribution in [0.1, 0.15) is 45.4 Å². The van der Waals surface area contributed by atoms with Crippen molar-refractivity contribution in [3.05, 3.63) is 0 Å². The fourth-order valence-electron chi connectivity index (χ4n) is 3.16. The molecule has 4 heteroatoms. The molecule has 19 heavy (non-hydrogen) atoms. The maximum atomic E-state index is 12.7. The number of nitrogens with zero attached hydrogens (tertiary/aromatic N) is 2. The van der Waals surface area contributed by atoms with Gasteiger partial charge in [-0.3, -0.25) is 4.79 Å². The maximum Gasteiger partial charge on any atom is 0.226 e. The van der Waals surface area contributed by atoms with Crippen LogP contribution in [0.15, 0.2) is 0 Å². The van der Waals surface area contributed by atoms with Crippen molar-refractivity contribution >= 4 is 5.91 Å². The molecule has 0 aromatic heterocycles. The van der Waals surface area contributed by atoms with Gasteiger partial charge in [0.25, 0.3) is 0 Å². The van der Waals surface area contributed by atoms with Crippen molar-refractivity contribution in [2.45, 2.75) is 57.5 Å². The number of carbonyl (C=O) groups is 1. The second-order valence-corrected chi connectivity index (χ2v) is 6.24. The van der Waals surface area contributed by atoms with E-state index in [4.69, 9.17) is 5.11 Å². The second kappa shape index (κ2) is 6.71. The van der Waals surface area contributed by atoms with E-state index in [-0.39, 0.29) is 12.5 Å². The molecule has 1 saturated carbocycles. The van der Waals surface area contributed by atoms with Crippen LogP contribution < -0.4 is 0 Å². The van der Waals surface area contributed by atoms with Gasteiger partial charge in [-0.15, -0.1) is 0 Å². The Kier molecular flexibility index (Phi) is 5.22. The van der Waals surface area contributed by atoms with Crippen LogP contribution in [0.4, 0.5) is 0 Å². The van der Waals surface area contributed by atoms with E-state index in [1.807, 2.05) is 0 Å². The van der Waals surface area contributed by atoms with Crippen LogP contribution >= 0.6 is 0 Å².